The average Bonchev–Trinajstić information content (AvgIpc) is 2.64. The van der Waals surface area contributed by atoms with Crippen molar-refractivity contribution in [1.29, 1.82) is 0 Å². The molecule has 3 rings (SSSR count). The fourth-order valence-electron chi connectivity index (χ4n) is 2.41. The zero-order valence-electron chi connectivity index (χ0n) is 14.3. The summed E-state index contributed by atoms with van der Waals surface area (Å²) in [6, 6.07) is 14.1. The number of amides is 1. The topological polar surface area (TPSA) is 64.1 Å². The maximum absolute atomic E-state index is 13.5. The molecule has 0 aliphatic heterocycles. The Morgan fingerprint density at radius 2 is 1.88 bits per heavy atom. The van der Waals surface area contributed by atoms with Crippen molar-refractivity contribution >= 4 is 11.6 Å². The molecule has 0 unspecified atom stereocenters. The molecule has 5 nitrogen and oxygen atoms in total. The number of nitrogens with one attached hydrogen (secondary N) is 1. The number of hydrogen-bond donors (Lipinski definition) is 1. The molecule has 3 aromatic rings. The van der Waals surface area contributed by atoms with Gasteiger partial charge in [-0.1, -0.05) is 42.0 Å². The molecule has 0 aliphatic carbocycles. The number of ether oxygens (including phenoxy) is 1. The molecule has 0 bridgehead atoms. The highest BCUT2D eigenvalue weighted by molar-refractivity contribution is 5.90. The van der Waals surface area contributed by atoms with Gasteiger partial charge in [0.1, 0.15) is 0 Å². The Morgan fingerprint density at radius 1 is 1.12 bits per heavy atom. The fraction of sp³-hybridized carbons (Fsp3) is 0.150. The number of nitrogens with zero attached hydrogens (tertiary/aromatic N) is 2. The van der Waals surface area contributed by atoms with Gasteiger partial charge < -0.3 is 10.1 Å². The summed E-state index contributed by atoms with van der Waals surface area (Å²) in [6.45, 7) is 2.02. The summed E-state index contributed by atoms with van der Waals surface area (Å²) < 4.78 is 18.8. The third kappa shape index (κ3) is 4.86. The van der Waals surface area contributed by atoms with Gasteiger partial charge >= 0.3 is 6.01 Å². The first kappa shape index (κ1) is 17.5. The largest absolute Gasteiger partial charge is 0.421 e. The number of aromatic nitrogens is 2. The van der Waals surface area contributed by atoms with E-state index in [-0.39, 0.29) is 17.7 Å². The quantitative estimate of drug-likeness (QED) is 0.720. The third-order valence-electron chi connectivity index (χ3n) is 3.67. The van der Waals surface area contributed by atoms with Crippen LogP contribution in [0.15, 0.2) is 60.9 Å². The number of carbonyl (C=O) groups excluding carboxylic acids is 1. The van der Waals surface area contributed by atoms with Crippen molar-refractivity contribution in [2.45, 2.75) is 19.8 Å². The zero-order chi connectivity index (χ0) is 18.4. The highest BCUT2D eigenvalue weighted by Gasteiger charge is 2.07. The van der Waals surface area contributed by atoms with Crippen LogP contribution in [0, 0.1) is 12.7 Å². The van der Waals surface area contributed by atoms with Crippen LogP contribution < -0.4 is 10.1 Å². The van der Waals surface area contributed by atoms with Crippen LogP contribution in [0.4, 0.5) is 10.1 Å². The van der Waals surface area contributed by atoms with Crippen LogP contribution in [0.3, 0.4) is 0 Å². The first-order valence-corrected chi connectivity index (χ1v) is 8.20. The summed E-state index contributed by atoms with van der Waals surface area (Å²) in [5, 5.41) is 2.74. The zero-order valence-corrected chi connectivity index (χ0v) is 14.3. The van der Waals surface area contributed by atoms with Gasteiger partial charge in [0.05, 0.1) is 18.1 Å². The normalized spacial score (nSPS) is 10.4. The Kier molecular flexibility index (Phi) is 5.53. The van der Waals surface area contributed by atoms with Gasteiger partial charge in [-0.15, -0.1) is 0 Å². The molecule has 0 saturated heterocycles. The molecule has 1 heterocycles. The molecular formula is C20H18FN3O2. The Morgan fingerprint density at radius 3 is 2.62 bits per heavy atom. The molecule has 0 aliphatic rings. The lowest BCUT2D eigenvalue weighted by molar-refractivity contribution is -0.116. The number of para-hydroxylation sites is 1. The second kappa shape index (κ2) is 8.20. The van der Waals surface area contributed by atoms with E-state index in [2.05, 4.69) is 21.4 Å². The Labute approximate surface area is 150 Å². The number of halogens is 1. The highest BCUT2D eigenvalue weighted by atomic mass is 19.1. The van der Waals surface area contributed by atoms with Gasteiger partial charge in [-0.3, -0.25) is 4.79 Å². The van der Waals surface area contributed by atoms with Crippen LogP contribution in [-0.4, -0.2) is 15.9 Å². The van der Waals surface area contributed by atoms with E-state index in [4.69, 9.17) is 4.74 Å². The lowest BCUT2D eigenvalue weighted by atomic mass is 10.1. The van der Waals surface area contributed by atoms with E-state index >= 15 is 0 Å². The van der Waals surface area contributed by atoms with Crippen molar-refractivity contribution < 1.29 is 13.9 Å². The minimum absolute atomic E-state index is 0.00728. The van der Waals surface area contributed by atoms with Crippen LogP contribution in [0.2, 0.25) is 0 Å². The fourth-order valence-corrected chi connectivity index (χ4v) is 2.41. The van der Waals surface area contributed by atoms with Crippen LogP contribution in [-0.2, 0) is 11.2 Å². The summed E-state index contributed by atoms with van der Waals surface area (Å²) in [6.07, 6.45) is 3.86. The number of carbonyl (C=O) groups is 1. The van der Waals surface area contributed by atoms with Gasteiger partial charge in [-0.05, 0) is 31.0 Å². The molecule has 26 heavy (non-hydrogen) atoms. The van der Waals surface area contributed by atoms with Crippen molar-refractivity contribution in [1.82, 2.24) is 9.97 Å². The molecule has 0 atom stereocenters. The van der Waals surface area contributed by atoms with Crippen LogP contribution in [0.25, 0.3) is 0 Å². The van der Waals surface area contributed by atoms with E-state index < -0.39 is 5.82 Å². The molecule has 0 spiro atoms. The maximum atomic E-state index is 13.5. The monoisotopic (exact) mass is 351 g/mol. The van der Waals surface area contributed by atoms with Crippen molar-refractivity contribution in [2.24, 2.45) is 0 Å². The van der Waals surface area contributed by atoms with Gasteiger partial charge in [-0.2, -0.15) is 0 Å². The summed E-state index contributed by atoms with van der Waals surface area (Å²) in [5.74, 6) is -0.579. The molecule has 6 heteroatoms. The summed E-state index contributed by atoms with van der Waals surface area (Å²) >= 11 is 0. The second-order valence-electron chi connectivity index (χ2n) is 5.82. The average molecular weight is 351 g/mol. The van der Waals surface area contributed by atoms with E-state index in [0.717, 1.165) is 5.56 Å². The maximum Gasteiger partial charge on any atom is 0.322 e. The Hall–Kier alpha value is -3.28. The molecule has 1 aromatic heterocycles. The highest BCUT2D eigenvalue weighted by Crippen LogP contribution is 2.21. The molecule has 0 radical (unpaired) electrons. The number of benzene rings is 2. The van der Waals surface area contributed by atoms with Crippen LogP contribution >= 0.6 is 0 Å². The molecule has 0 saturated carbocycles. The van der Waals surface area contributed by atoms with Gasteiger partial charge in [0.2, 0.25) is 5.91 Å². The van der Waals surface area contributed by atoms with E-state index in [1.165, 1.54) is 30.1 Å². The van der Waals surface area contributed by atoms with E-state index in [1.54, 1.807) is 12.1 Å². The van der Waals surface area contributed by atoms with Crippen molar-refractivity contribution in [3.8, 4) is 11.8 Å². The molecule has 132 valence electrons. The van der Waals surface area contributed by atoms with Crippen molar-refractivity contribution in [3.63, 3.8) is 0 Å². The summed E-state index contributed by atoms with van der Waals surface area (Å²) in [4.78, 5) is 20.0. The molecule has 2 aromatic carbocycles. The first-order chi connectivity index (χ1) is 12.6. The van der Waals surface area contributed by atoms with Gasteiger partial charge in [0.15, 0.2) is 11.6 Å². The van der Waals surface area contributed by atoms with E-state index in [0.29, 0.717) is 18.5 Å². The number of aryl methyl sites for hydroxylation is 2. The molecule has 1 amide bonds. The third-order valence-corrected chi connectivity index (χ3v) is 3.67. The van der Waals surface area contributed by atoms with E-state index in [9.17, 15) is 9.18 Å². The number of hydrogen-bond acceptors (Lipinski definition) is 4. The van der Waals surface area contributed by atoms with E-state index in [1.807, 2.05) is 25.1 Å². The van der Waals surface area contributed by atoms with Crippen LogP contribution in [0.1, 0.15) is 17.5 Å². The Balaban J connectivity index is 1.53. The van der Waals surface area contributed by atoms with Crippen molar-refractivity contribution in [3.05, 3.63) is 77.9 Å². The lowest BCUT2D eigenvalue weighted by Gasteiger charge is -2.07. The SMILES string of the molecule is Cc1cccc(CCC(=O)Nc2cnc(Oc3ccccc3F)nc2)c1. The number of rotatable bonds is 6. The predicted molar refractivity (Wildman–Crippen MR) is 96.6 cm³/mol. The standard InChI is InChI=1S/C20H18FN3O2/c1-14-5-4-6-15(11-14)9-10-19(25)24-16-12-22-20(23-13-16)26-18-8-3-2-7-17(18)21/h2-8,11-13H,9-10H2,1H3,(H,24,25). The second-order valence-corrected chi connectivity index (χ2v) is 5.82. The molecular weight excluding hydrogens is 333 g/mol. The minimum Gasteiger partial charge on any atom is -0.421 e. The summed E-state index contributed by atoms with van der Waals surface area (Å²) in [7, 11) is 0. The van der Waals surface area contributed by atoms with Gasteiger partial charge in [0.25, 0.3) is 0 Å². The number of anilines is 1. The van der Waals surface area contributed by atoms with Gasteiger partial charge in [0, 0.05) is 6.42 Å². The van der Waals surface area contributed by atoms with Gasteiger partial charge in [-0.25, -0.2) is 14.4 Å². The Bertz CT molecular complexity index is 898. The smallest absolute Gasteiger partial charge is 0.322 e. The summed E-state index contributed by atoms with van der Waals surface area (Å²) in [5.41, 5.74) is 2.74. The first-order valence-electron chi connectivity index (χ1n) is 8.20. The lowest BCUT2D eigenvalue weighted by Crippen LogP contribution is -2.12. The molecule has 0 fully saturated rings. The minimum atomic E-state index is -0.496. The predicted octanol–water partition coefficient (Wildman–Crippen LogP) is 4.29. The van der Waals surface area contributed by atoms with Crippen LogP contribution in [0.5, 0.6) is 11.8 Å². The van der Waals surface area contributed by atoms with Crippen molar-refractivity contribution in [2.75, 3.05) is 5.32 Å². The molecule has 1 N–H and O–H groups in total.